The lowest BCUT2D eigenvalue weighted by molar-refractivity contribution is -0.126. The summed E-state index contributed by atoms with van der Waals surface area (Å²) in [7, 11) is 0. The van der Waals surface area contributed by atoms with Crippen molar-refractivity contribution < 1.29 is 19.1 Å². The number of nitrogens with one attached hydrogen (secondary N) is 2. The van der Waals surface area contributed by atoms with E-state index in [2.05, 4.69) is 10.6 Å². The third-order valence-electron chi connectivity index (χ3n) is 5.57. The summed E-state index contributed by atoms with van der Waals surface area (Å²) < 4.78 is 5.54. The van der Waals surface area contributed by atoms with E-state index in [9.17, 15) is 14.4 Å². The minimum Gasteiger partial charge on any atom is -0.376 e. The van der Waals surface area contributed by atoms with Crippen molar-refractivity contribution in [2.45, 2.75) is 51.6 Å². The molecule has 0 bridgehead atoms. The van der Waals surface area contributed by atoms with E-state index in [1.165, 1.54) is 0 Å². The van der Waals surface area contributed by atoms with E-state index in [1.807, 2.05) is 6.92 Å². The Kier molecular flexibility index (Phi) is 7.63. The summed E-state index contributed by atoms with van der Waals surface area (Å²) >= 11 is 0. The molecule has 2 N–H and O–H groups in total. The molecule has 7 heteroatoms. The number of benzene rings is 1. The molecule has 3 rings (SSSR count). The molecule has 2 fully saturated rings. The van der Waals surface area contributed by atoms with Gasteiger partial charge in [0.05, 0.1) is 6.10 Å². The third kappa shape index (κ3) is 6.03. The van der Waals surface area contributed by atoms with E-state index in [4.69, 9.17) is 4.74 Å². The molecular weight excluding hydrogens is 370 g/mol. The smallest absolute Gasteiger partial charge is 0.253 e. The van der Waals surface area contributed by atoms with Gasteiger partial charge in [0.25, 0.3) is 5.91 Å². The van der Waals surface area contributed by atoms with Crippen LogP contribution in [0.3, 0.4) is 0 Å². The van der Waals surface area contributed by atoms with Crippen molar-refractivity contribution in [2.24, 2.45) is 5.92 Å². The van der Waals surface area contributed by atoms with Gasteiger partial charge in [0, 0.05) is 49.8 Å². The molecule has 2 aliphatic rings. The van der Waals surface area contributed by atoms with Crippen molar-refractivity contribution >= 4 is 23.4 Å². The number of anilines is 1. The lowest BCUT2D eigenvalue weighted by Gasteiger charge is -2.31. The molecule has 1 aromatic rings. The van der Waals surface area contributed by atoms with Crippen LogP contribution in [0.25, 0.3) is 0 Å². The van der Waals surface area contributed by atoms with E-state index >= 15 is 0 Å². The highest BCUT2D eigenvalue weighted by molar-refractivity contribution is 5.96. The number of ether oxygens (including phenoxy) is 1. The van der Waals surface area contributed by atoms with E-state index in [1.54, 1.807) is 29.2 Å². The summed E-state index contributed by atoms with van der Waals surface area (Å²) in [6.45, 7) is 4.47. The molecule has 2 heterocycles. The van der Waals surface area contributed by atoms with Crippen molar-refractivity contribution in [3.63, 3.8) is 0 Å². The SMILES string of the molecule is CCCC(=O)Nc1ccc(C(=O)N2CCC(C(=O)NCC3CCCO3)CC2)cc1. The van der Waals surface area contributed by atoms with Gasteiger partial charge in [-0.2, -0.15) is 0 Å². The topological polar surface area (TPSA) is 87.7 Å². The summed E-state index contributed by atoms with van der Waals surface area (Å²) in [6, 6.07) is 6.99. The highest BCUT2D eigenvalue weighted by atomic mass is 16.5. The molecular formula is C22H31N3O4. The molecule has 0 saturated carbocycles. The fourth-order valence-corrected chi connectivity index (χ4v) is 3.84. The molecule has 7 nitrogen and oxygen atoms in total. The van der Waals surface area contributed by atoms with Crippen LogP contribution in [0.2, 0.25) is 0 Å². The number of hydrogen-bond donors (Lipinski definition) is 2. The average molecular weight is 402 g/mol. The summed E-state index contributed by atoms with van der Waals surface area (Å²) in [4.78, 5) is 38.6. The molecule has 2 saturated heterocycles. The number of nitrogens with zero attached hydrogens (tertiary/aromatic N) is 1. The van der Waals surface area contributed by atoms with Gasteiger partial charge in [-0.1, -0.05) is 6.92 Å². The molecule has 1 unspecified atom stereocenters. The predicted molar refractivity (Wildman–Crippen MR) is 111 cm³/mol. The average Bonchev–Trinajstić information content (AvgIpc) is 3.26. The van der Waals surface area contributed by atoms with Crippen LogP contribution in [-0.4, -0.2) is 55.0 Å². The second kappa shape index (κ2) is 10.4. The normalized spacial score (nSPS) is 19.8. The molecule has 0 aliphatic carbocycles. The van der Waals surface area contributed by atoms with E-state index in [0.29, 0.717) is 50.1 Å². The number of amides is 3. The maximum Gasteiger partial charge on any atom is 0.253 e. The van der Waals surface area contributed by atoms with Crippen LogP contribution in [0.1, 0.15) is 55.8 Å². The molecule has 0 aromatic heterocycles. The Morgan fingerprint density at radius 1 is 1.10 bits per heavy atom. The van der Waals surface area contributed by atoms with Crippen molar-refractivity contribution in [3.05, 3.63) is 29.8 Å². The molecule has 2 aliphatic heterocycles. The summed E-state index contributed by atoms with van der Waals surface area (Å²) in [5.41, 5.74) is 1.29. The number of carbonyl (C=O) groups excluding carboxylic acids is 3. The molecule has 1 atom stereocenters. The minimum atomic E-state index is -0.0448. The Morgan fingerprint density at radius 3 is 2.45 bits per heavy atom. The fourth-order valence-electron chi connectivity index (χ4n) is 3.84. The highest BCUT2D eigenvalue weighted by Crippen LogP contribution is 2.20. The zero-order valence-electron chi connectivity index (χ0n) is 17.1. The first-order valence-electron chi connectivity index (χ1n) is 10.7. The van der Waals surface area contributed by atoms with Crippen LogP contribution in [0, 0.1) is 5.92 Å². The van der Waals surface area contributed by atoms with Crippen molar-refractivity contribution in [2.75, 3.05) is 31.6 Å². The Balaban J connectivity index is 1.44. The van der Waals surface area contributed by atoms with Gasteiger partial charge < -0.3 is 20.3 Å². The van der Waals surface area contributed by atoms with Crippen LogP contribution >= 0.6 is 0 Å². The van der Waals surface area contributed by atoms with Crippen molar-refractivity contribution in [1.29, 1.82) is 0 Å². The Labute approximate surface area is 172 Å². The number of carbonyl (C=O) groups is 3. The van der Waals surface area contributed by atoms with Gasteiger partial charge in [0.15, 0.2) is 0 Å². The second-order valence-corrected chi connectivity index (χ2v) is 7.82. The maximum absolute atomic E-state index is 12.7. The van der Waals surface area contributed by atoms with E-state index < -0.39 is 0 Å². The van der Waals surface area contributed by atoms with Crippen molar-refractivity contribution in [1.82, 2.24) is 10.2 Å². The first-order valence-corrected chi connectivity index (χ1v) is 10.7. The fraction of sp³-hybridized carbons (Fsp3) is 0.591. The predicted octanol–water partition coefficient (Wildman–Crippen LogP) is 2.57. The minimum absolute atomic E-state index is 0.0218. The molecule has 3 amide bonds. The van der Waals surface area contributed by atoms with Crippen LogP contribution in [-0.2, 0) is 14.3 Å². The zero-order chi connectivity index (χ0) is 20.6. The highest BCUT2D eigenvalue weighted by Gasteiger charge is 2.28. The lowest BCUT2D eigenvalue weighted by atomic mass is 9.95. The second-order valence-electron chi connectivity index (χ2n) is 7.82. The van der Waals surface area contributed by atoms with Gasteiger partial charge in [-0.15, -0.1) is 0 Å². The Morgan fingerprint density at radius 2 is 1.83 bits per heavy atom. The monoisotopic (exact) mass is 401 g/mol. The zero-order valence-corrected chi connectivity index (χ0v) is 17.1. The molecule has 158 valence electrons. The Hall–Kier alpha value is -2.41. The first-order chi connectivity index (χ1) is 14.1. The van der Waals surface area contributed by atoms with E-state index in [-0.39, 0.29) is 29.7 Å². The van der Waals surface area contributed by atoms with Crippen LogP contribution in [0.4, 0.5) is 5.69 Å². The Bertz CT molecular complexity index is 705. The molecule has 1 aromatic carbocycles. The van der Waals surface area contributed by atoms with Crippen LogP contribution in [0.5, 0.6) is 0 Å². The first kappa shape index (κ1) is 21.3. The van der Waals surface area contributed by atoms with Gasteiger partial charge in [-0.3, -0.25) is 14.4 Å². The summed E-state index contributed by atoms with van der Waals surface area (Å²) in [6.07, 6.45) is 4.85. The molecule has 0 spiro atoms. The van der Waals surface area contributed by atoms with Crippen LogP contribution < -0.4 is 10.6 Å². The lowest BCUT2D eigenvalue weighted by Crippen LogP contribution is -2.44. The third-order valence-corrected chi connectivity index (χ3v) is 5.57. The number of rotatable bonds is 7. The molecule has 29 heavy (non-hydrogen) atoms. The maximum atomic E-state index is 12.7. The quantitative estimate of drug-likeness (QED) is 0.735. The van der Waals surface area contributed by atoms with Gasteiger partial charge in [-0.05, 0) is 56.4 Å². The van der Waals surface area contributed by atoms with Crippen molar-refractivity contribution in [3.8, 4) is 0 Å². The van der Waals surface area contributed by atoms with Crippen LogP contribution in [0.15, 0.2) is 24.3 Å². The molecule has 0 radical (unpaired) electrons. The largest absolute Gasteiger partial charge is 0.376 e. The van der Waals surface area contributed by atoms with Gasteiger partial charge >= 0.3 is 0 Å². The summed E-state index contributed by atoms with van der Waals surface area (Å²) in [5, 5.41) is 5.82. The van der Waals surface area contributed by atoms with Gasteiger partial charge in [0.2, 0.25) is 11.8 Å². The number of likely N-dealkylation sites (tertiary alicyclic amines) is 1. The number of piperidine rings is 1. The number of hydrogen-bond acceptors (Lipinski definition) is 4. The van der Waals surface area contributed by atoms with E-state index in [0.717, 1.165) is 25.9 Å². The summed E-state index contributed by atoms with van der Waals surface area (Å²) in [5.74, 6) is -0.0301. The van der Waals surface area contributed by atoms with Gasteiger partial charge in [0.1, 0.15) is 0 Å². The standard InChI is InChI=1S/C22H31N3O4/c1-2-4-20(26)24-18-8-6-17(7-9-18)22(28)25-12-10-16(11-13-25)21(27)23-15-19-5-3-14-29-19/h6-9,16,19H,2-5,10-15H2,1H3,(H,23,27)(H,24,26). The van der Waals surface area contributed by atoms with Gasteiger partial charge in [-0.25, -0.2) is 0 Å².